The summed E-state index contributed by atoms with van der Waals surface area (Å²) in [6.07, 6.45) is 0. The Morgan fingerprint density at radius 3 is 2.09 bits per heavy atom. The standard InChI is InChI=1S/C17H19NO4S/c1-3-22-17(19)14(2)18(15-10-6-4-7-11-15)23(20,21)16-12-8-5-9-13-16/h4-14H,3H2,1-2H3/t14-/m0/s1. The summed E-state index contributed by atoms with van der Waals surface area (Å²) < 4.78 is 32.1. The molecule has 6 heteroatoms. The number of ether oxygens (including phenoxy) is 1. The van der Waals surface area contributed by atoms with Gasteiger partial charge in [0, 0.05) is 0 Å². The molecule has 0 amide bonds. The molecule has 1 atom stereocenters. The second-order valence-electron chi connectivity index (χ2n) is 4.88. The van der Waals surface area contributed by atoms with Gasteiger partial charge in [-0.05, 0) is 38.1 Å². The first-order chi connectivity index (χ1) is 11.0. The molecule has 2 rings (SSSR count). The highest BCUT2D eigenvalue weighted by molar-refractivity contribution is 7.92. The van der Waals surface area contributed by atoms with Gasteiger partial charge in [0.05, 0.1) is 17.2 Å². The van der Waals surface area contributed by atoms with E-state index in [4.69, 9.17) is 4.74 Å². The Labute approximate surface area is 136 Å². The first-order valence-corrected chi connectivity index (χ1v) is 8.73. The van der Waals surface area contributed by atoms with E-state index in [0.29, 0.717) is 5.69 Å². The molecule has 5 nitrogen and oxygen atoms in total. The van der Waals surface area contributed by atoms with Crippen molar-refractivity contribution in [2.24, 2.45) is 0 Å². The van der Waals surface area contributed by atoms with Crippen molar-refractivity contribution < 1.29 is 17.9 Å². The van der Waals surface area contributed by atoms with Gasteiger partial charge in [0.15, 0.2) is 0 Å². The largest absolute Gasteiger partial charge is 0.464 e. The van der Waals surface area contributed by atoms with Crippen LogP contribution in [0.5, 0.6) is 0 Å². The van der Waals surface area contributed by atoms with E-state index in [1.54, 1.807) is 55.5 Å². The Morgan fingerprint density at radius 1 is 1.04 bits per heavy atom. The predicted octanol–water partition coefficient (Wildman–Crippen LogP) is 2.83. The highest BCUT2D eigenvalue weighted by Crippen LogP contribution is 2.26. The number of esters is 1. The monoisotopic (exact) mass is 333 g/mol. The van der Waals surface area contributed by atoms with Gasteiger partial charge in [-0.2, -0.15) is 0 Å². The van der Waals surface area contributed by atoms with Crippen LogP contribution in [0.15, 0.2) is 65.6 Å². The molecule has 0 spiro atoms. The number of benzene rings is 2. The van der Waals surface area contributed by atoms with E-state index >= 15 is 0 Å². The molecule has 0 unspecified atom stereocenters. The van der Waals surface area contributed by atoms with E-state index in [9.17, 15) is 13.2 Å². The summed E-state index contributed by atoms with van der Waals surface area (Å²) in [4.78, 5) is 12.2. The van der Waals surface area contributed by atoms with Crippen molar-refractivity contribution in [2.75, 3.05) is 10.9 Å². The van der Waals surface area contributed by atoms with Crippen molar-refractivity contribution in [2.45, 2.75) is 24.8 Å². The molecule has 0 radical (unpaired) electrons. The molecule has 0 N–H and O–H groups in total. The molecule has 23 heavy (non-hydrogen) atoms. The van der Waals surface area contributed by atoms with Crippen LogP contribution in [0.25, 0.3) is 0 Å². The molecule has 0 saturated heterocycles. The SMILES string of the molecule is CCOC(=O)[C@H](C)N(c1ccccc1)S(=O)(=O)c1ccccc1. The first kappa shape index (κ1) is 17.0. The summed E-state index contributed by atoms with van der Waals surface area (Å²) in [6, 6.07) is 15.6. The minimum atomic E-state index is -3.88. The third-order valence-corrected chi connectivity index (χ3v) is 5.20. The van der Waals surface area contributed by atoms with Crippen LogP contribution in [0.1, 0.15) is 13.8 Å². The van der Waals surface area contributed by atoms with E-state index in [2.05, 4.69) is 0 Å². The molecular weight excluding hydrogens is 314 g/mol. The molecule has 0 bridgehead atoms. The van der Waals surface area contributed by atoms with Crippen molar-refractivity contribution in [3.63, 3.8) is 0 Å². The first-order valence-electron chi connectivity index (χ1n) is 7.29. The number of para-hydroxylation sites is 1. The third-order valence-electron chi connectivity index (χ3n) is 3.29. The van der Waals surface area contributed by atoms with Crippen LogP contribution in [-0.2, 0) is 19.6 Å². The van der Waals surface area contributed by atoms with E-state index in [-0.39, 0.29) is 11.5 Å². The Hall–Kier alpha value is -2.34. The topological polar surface area (TPSA) is 63.7 Å². The lowest BCUT2D eigenvalue weighted by Gasteiger charge is -2.29. The number of anilines is 1. The number of nitrogens with zero attached hydrogens (tertiary/aromatic N) is 1. The third kappa shape index (κ3) is 3.71. The quantitative estimate of drug-likeness (QED) is 0.763. The van der Waals surface area contributed by atoms with Gasteiger partial charge < -0.3 is 4.74 Å². The summed E-state index contributed by atoms with van der Waals surface area (Å²) >= 11 is 0. The van der Waals surface area contributed by atoms with Gasteiger partial charge in [-0.1, -0.05) is 36.4 Å². The molecular formula is C17H19NO4S. The molecule has 2 aromatic rings. The molecule has 0 aliphatic rings. The fourth-order valence-corrected chi connectivity index (χ4v) is 3.84. The normalized spacial score (nSPS) is 12.4. The molecule has 0 heterocycles. The predicted molar refractivity (Wildman–Crippen MR) is 88.6 cm³/mol. The van der Waals surface area contributed by atoms with Gasteiger partial charge in [-0.3, -0.25) is 4.31 Å². The Balaban J connectivity index is 2.52. The van der Waals surface area contributed by atoms with E-state index in [1.807, 2.05) is 0 Å². The fraction of sp³-hybridized carbons (Fsp3) is 0.235. The lowest BCUT2D eigenvalue weighted by atomic mass is 10.2. The number of carbonyl (C=O) groups excluding carboxylic acids is 1. The van der Waals surface area contributed by atoms with E-state index < -0.39 is 22.0 Å². The average Bonchev–Trinajstić information content (AvgIpc) is 2.57. The van der Waals surface area contributed by atoms with Gasteiger partial charge in [0.2, 0.25) is 0 Å². The summed E-state index contributed by atoms with van der Waals surface area (Å²) in [5.74, 6) is -0.587. The van der Waals surface area contributed by atoms with Gasteiger partial charge >= 0.3 is 5.97 Å². The maximum atomic E-state index is 13.0. The van der Waals surface area contributed by atoms with Crippen molar-refractivity contribution in [1.82, 2.24) is 0 Å². The Morgan fingerprint density at radius 2 is 1.57 bits per heavy atom. The highest BCUT2D eigenvalue weighted by atomic mass is 32.2. The molecule has 0 aliphatic heterocycles. The lowest BCUT2D eigenvalue weighted by molar-refractivity contribution is -0.144. The van der Waals surface area contributed by atoms with E-state index in [1.165, 1.54) is 19.1 Å². The summed E-state index contributed by atoms with van der Waals surface area (Å²) in [7, 11) is -3.88. The summed E-state index contributed by atoms with van der Waals surface area (Å²) in [5, 5.41) is 0. The zero-order chi connectivity index (χ0) is 16.9. The van der Waals surface area contributed by atoms with Crippen molar-refractivity contribution in [3.05, 3.63) is 60.7 Å². The van der Waals surface area contributed by atoms with Crippen molar-refractivity contribution in [3.8, 4) is 0 Å². The van der Waals surface area contributed by atoms with Gasteiger partial charge in [-0.25, -0.2) is 13.2 Å². The number of rotatable bonds is 6. The zero-order valence-corrected chi connectivity index (χ0v) is 13.9. The molecule has 0 aromatic heterocycles. The molecule has 0 fully saturated rings. The Kier molecular flexibility index (Phi) is 5.39. The highest BCUT2D eigenvalue weighted by Gasteiger charge is 2.33. The number of carbonyl (C=O) groups is 1. The van der Waals surface area contributed by atoms with Crippen molar-refractivity contribution >= 4 is 21.7 Å². The fourth-order valence-electron chi connectivity index (χ4n) is 2.21. The lowest BCUT2D eigenvalue weighted by Crippen LogP contribution is -2.44. The Bertz CT molecular complexity index is 745. The van der Waals surface area contributed by atoms with Crippen LogP contribution in [0.3, 0.4) is 0 Å². The van der Waals surface area contributed by atoms with Crippen LogP contribution in [0.4, 0.5) is 5.69 Å². The summed E-state index contributed by atoms with van der Waals surface area (Å²) in [6.45, 7) is 3.39. The van der Waals surface area contributed by atoms with Gasteiger partial charge in [0.25, 0.3) is 10.0 Å². The average molecular weight is 333 g/mol. The van der Waals surface area contributed by atoms with Crippen LogP contribution < -0.4 is 4.31 Å². The number of sulfonamides is 1. The van der Waals surface area contributed by atoms with Crippen molar-refractivity contribution in [1.29, 1.82) is 0 Å². The second kappa shape index (κ2) is 7.28. The van der Waals surface area contributed by atoms with Crippen LogP contribution in [0.2, 0.25) is 0 Å². The maximum absolute atomic E-state index is 13.0. The van der Waals surface area contributed by atoms with Gasteiger partial charge in [0.1, 0.15) is 6.04 Å². The zero-order valence-electron chi connectivity index (χ0n) is 13.0. The minimum Gasteiger partial charge on any atom is -0.464 e. The van der Waals surface area contributed by atoms with Crippen LogP contribution in [-0.4, -0.2) is 27.0 Å². The van der Waals surface area contributed by atoms with E-state index in [0.717, 1.165) is 4.31 Å². The smallest absolute Gasteiger partial charge is 0.329 e. The molecule has 0 saturated carbocycles. The molecule has 2 aromatic carbocycles. The van der Waals surface area contributed by atoms with Crippen LogP contribution >= 0.6 is 0 Å². The molecule has 122 valence electrons. The molecule has 0 aliphatic carbocycles. The number of hydrogen-bond donors (Lipinski definition) is 0. The van der Waals surface area contributed by atoms with Gasteiger partial charge in [-0.15, -0.1) is 0 Å². The second-order valence-corrected chi connectivity index (χ2v) is 6.69. The minimum absolute atomic E-state index is 0.125. The number of hydrogen-bond acceptors (Lipinski definition) is 4. The summed E-state index contributed by atoms with van der Waals surface area (Å²) in [5.41, 5.74) is 0.414. The van der Waals surface area contributed by atoms with Crippen LogP contribution in [0, 0.1) is 0 Å². The maximum Gasteiger partial charge on any atom is 0.329 e.